The van der Waals surface area contributed by atoms with E-state index in [4.69, 9.17) is 19.4 Å². The third kappa shape index (κ3) is 11.9. The maximum Gasteiger partial charge on any atom is 0.252 e. The van der Waals surface area contributed by atoms with Crippen LogP contribution < -0.4 is 30.7 Å². The first kappa shape index (κ1) is 44.6. The second-order valence-electron chi connectivity index (χ2n) is 16.7. The second kappa shape index (κ2) is 19.3. The molecule has 57 heavy (non-hydrogen) atoms. The summed E-state index contributed by atoms with van der Waals surface area (Å²) in [4.78, 5) is 40.2. The van der Waals surface area contributed by atoms with Crippen LogP contribution in [-0.2, 0) is 10.8 Å². The Bertz CT molecular complexity index is 2010. The van der Waals surface area contributed by atoms with E-state index in [1.54, 1.807) is 20.3 Å². The van der Waals surface area contributed by atoms with E-state index in [1.807, 2.05) is 24.3 Å². The number of aromatic nitrogens is 3. The van der Waals surface area contributed by atoms with Crippen molar-refractivity contribution in [3.63, 3.8) is 0 Å². The number of pyridine rings is 3. The number of ether oxygens (including phenoxy) is 2. The zero-order valence-electron chi connectivity index (χ0n) is 35.1. The molecule has 2 aromatic carbocycles. The van der Waals surface area contributed by atoms with Crippen LogP contribution in [0.3, 0.4) is 0 Å². The van der Waals surface area contributed by atoms with Crippen molar-refractivity contribution in [3.05, 3.63) is 89.5 Å². The summed E-state index contributed by atoms with van der Waals surface area (Å²) in [5, 5.41) is 15.2. The smallest absolute Gasteiger partial charge is 0.252 e. The third-order valence-corrected chi connectivity index (χ3v) is 9.81. The lowest BCUT2D eigenvalue weighted by atomic mass is 9.91. The first-order valence-corrected chi connectivity index (χ1v) is 19.6. The maximum absolute atomic E-state index is 13.0. The highest BCUT2D eigenvalue weighted by molar-refractivity contribution is 5.99. The zero-order chi connectivity index (χ0) is 40.6. The summed E-state index contributed by atoms with van der Waals surface area (Å²) in [5.74, 6) is 1.01. The molecule has 3 heterocycles. The molecule has 5 aromatic rings. The van der Waals surface area contributed by atoms with Gasteiger partial charge in [0.15, 0.2) is 0 Å². The molecule has 3 aromatic heterocycles. The molecule has 0 spiro atoms. The first-order valence-electron chi connectivity index (χ1n) is 19.6. The molecule has 11 nitrogen and oxygen atoms in total. The van der Waals surface area contributed by atoms with Crippen LogP contribution in [0.2, 0.25) is 0 Å². The van der Waals surface area contributed by atoms with E-state index >= 15 is 0 Å². The van der Waals surface area contributed by atoms with E-state index in [2.05, 4.69) is 106 Å². The number of nitrogens with one attached hydrogen (secondary N) is 4. The van der Waals surface area contributed by atoms with E-state index in [0.29, 0.717) is 24.2 Å². The Kier molecular flexibility index (Phi) is 15.1. The summed E-state index contributed by atoms with van der Waals surface area (Å²) in [6.45, 7) is 18.1. The zero-order valence-corrected chi connectivity index (χ0v) is 35.9. The van der Waals surface area contributed by atoms with Gasteiger partial charge in [-0.05, 0) is 69.9 Å². The van der Waals surface area contributed by atoms with Gasteiger partial charge in [-0.25, -0.2) is 0 Å². The SMILES string of the molecule is COc1cc(NC(C)CCCNC(=O)c2cncc(C(=O)NCCCC(C)Nc3cc(OC)cc4ccc(C(C)(C)C)nc34)c2)c2nc(C(C)(C)C)ccc2c1.Cl. The monoisotopic (exact) mass is 797 g/mol. The van der Waals surface area contributed by atoms with E-state index in [1.165, 1.54) is 12.4 Å². The molecular formula is C45H60ClN7O4. The minimum atomic E-state index is -0.264. The molecule has 306 valence electrons. The van der Waals surface area contributed by atoms with Crippen molar-refractivity contribution in [2.24, 2.45) is 0 Å². The van der Waals surface area contributed by atoms with E-state index < -0.39 is 0 Å². The van der Waals surface area contributed by atoms with Crippen LogP contribution in [0.5, 0.6) is 11.5 Å². The van der Waals surface area contributed by atoms with Gasteiger partial charge < -0.3 is 30.7 Å². The Balaban J connectivity index is 0.00000720. The largest absolute Gasteiger partial charge is 0.497 e. The molecule has 0 saturated carbocycles. The Hall–Kier alpha value is -5.16. The summed E-state index contributed by atoms with van der Waals surface area (Å²) in [6.07, 6.45) is 6.11. The molecular weight excluding hydrogens is 738 g/mol. The lowest BCUT2D eigenvalue weighted by Gasteiger charge is -2.21. The van der Waals surface area contributed by atoms with Crippen molar-refractivity contribution in [2.45, 2.75) is 104 Å². The Labute approximate surface area is 343 Å². The van der Waals surface area contributed by atoms with Crippen LogP contribution >= 0.6 is 12.4 Å². The number of hydrogen-bond acceptors (Lipinski definition) is 9. The number of methoxy groups -OCH3 is 2. The van der Waals surface area contributed by atoms with Gasteiger partial charge in [0, 0.05) is 82.7 Å². The third-order valence-electron chi connectivity index (χ3n) is 9.81. The highest BCUT2D eigenvalue weighted by atomic mass is 35.5. The van der Waals surface area contributed by atoms with E-state index in [-0.39, 0.29) is 47.1 Å². The van der Waals surface area contributed by atoms with Crippen LogP contribution in [-0.4, -0.2) is 66.2 Å². The number of carbonyl (C=O) groups excluding carboxylic acids is 2. The van der Waals surface area contributed by atoms with Gasteiger partial charge in [-0.15, -0.1) is 12.4 Å². The van der Waals surface area contributed by atoms with Crippen molar-refractivity contribution in [2.75, 3.05) is 37.9 Å². The molecule has 2 unspecified atom stereocenters. The molecule has 5 rings (SSSR count). The maximum atomic E-state index is 13.0. The van der Waals surface area contributed by atoms with Gasteiger partial charge in [-0.2, -0.15) is 0 Å². The van der Waals surface area contributed by atoms with Crippen molar-refractivity contribution >= 4 is 57.4 Å². The van der Waals surface area contributed by atoms with Crippen molar-refractivity contribution in [1.29, 1.82) is 0 Å². The fraction of sp³-hybridized carbons (Fsp3) is 0.444. The van der Waals surface area contributed by atoms with Gasteiger partial charge in [0.25, 0.3) is 11.8 Å². The van der Waals surface area contributed by atoms with Crippen LogP contribution in [0.4, 0.5) is 11.4 Å². The standard InChI is InChI=1S/C45H59N7O4.ClH/c1-28(49-36-24-34(55-9)22-30-15-17-38(44(3,4)5)51-40(30)36)13-11-19-47-42(53)32-21-33(27-46-26-32)43(54)48-20-12-14-29(2)50-37-25-35(56-10)23-31-16-18-39(45(6,7)8)52-41(31)37;/h15-18,21-29,49-50H,11-14,19-20H2,1-10H3,(H,47,53)(H,48,54);1H. The molecule has 0 aliphatic heterocycles. The van der Waals surface area contributed by atoms with E-state index in [0.717, 1.165) is 81.8 Å². The normalized spacial score (nSPS) is 12.7. The minimum absolute atomic E-state index is 0. The summed E-state index contributed by atoms with van der Waals surface area (Å²) in [7, 11) is 3.33. The number of carbonyl (C=O) groups is 2. The molecule has 0 radical (unpaired) electrons. The molecule has 4 N–H and O–H groups in total. The predicted octanol–water partition coefficient (Wildman–Crippen LogP) is 9.23. The number of rotatable bonds is 16. The number of halogens is 1. The van der Waals surface area contributed by atoms with Gasteiger partial charge in [0.2, 0.25) is 0 Å². The quantitative estimate of drug-likeness (QED) is 0.0720. The van der Waals surface area contributed by atoms with Gasteiger partial charge >= 0.3 is 0 Å². The van der Waals surface area contributed by atoms with Gasteiger partial charge in [0.05, 0.1) is 47.8 Å². The molecule has 0 bridgehead atoms. The highest BCUT2D eigenvalue weighted by Gasteiger charge is 2.20. The number of anilines is 2. The fourth-order valence-electron chi connectivity index (χ4n) is 6.49. The molecule has 0 fully saturated rings. The van der Waals surface area contributed by atoms with Crippen molar-refractivity contribution in [3.8, 4) is 11.5 Å². The Morgan fingerprint density at radius 1 is 0.632 bits per heavy atom. The van der Waals surface area contributed by atoms with Crippen molar-refractivity contribution in [1.82, 2.24) is 25.6 Å². The Morgan fingerprint density at radius 3 is 1.40 bits per heavy atom. The van der Waals surface area contributed by atoms with Crippen molar-refractivity contribution < 1.29 is 19.1 Å². The summed E-state index contributed by atoms with van der Waals surface area (Å²) in [5.41, 5.74) is 6.25. The lowest BCUT2D eigenvalue weighted by molar-refractivity contribution is 0.0952. The molecule has 12 heteroatoms. The summed E-state index contributed by atoms with van der Waals surface area (Å²) in [6, 6.07) is 18.1. The van der Waals surface area contributed by atoms with Crippen LogP contribution in [0, 0.1) is 0 Å². The fourth-order valence-corrected chi connectivity index (χ4v) is 6.49. The lowest BCUT2D eigenvalue weighted by Crippen LogP contribution is -2.28. The number of benzene rings is 2. The van der Waals surface area contributed by atoms with Crippen LogP contribution in [0.15, 0.2) is 67.0 Å². The van der Waals surface area contributed by atoms with Crippen LogP contribution in [0.25, 0.3) is 21.8 Å². The average molecular weight is 798 g/mol. The number of nitrogens with zero attached hydrogens (tertiary/aromatic N) is 3. The predicted molar refractivity (Wildman–Crippen MR) is 235 cm³/mol. The number of fused-ring (bicyclic) bond motifs is 2. The molecule has 2 atom stereocenters. The van der Waals surface area contributed by atoms with Crippen LogP contribution in [0.1, 0.15) is 113 Å². The molecule has 2 amide bonds. The number of hydrogen-bond donors (Lipinski definition) is 4. The topological polar surface area (TPSA) is 139 Å². The number of amides is 2. The van der Waals surface area contributed by atoms with Gasteiger partial charge in [-0.3, -0.25) is 24.5 Å². The average Bonchev–Trinajstić information content (AvgIpc) is 3.16. The second-order valence-corrected chi connectivity index (χ2v) is 16.7. The minimum Gasteiger partial charge on any atom is -0.497 e. The highest BCUT2D eigenvalue weighted by Crippen LogP contribution is 2.33. The van der Waals surface area contributed by atoms with Gasteiger partial charge in [-0.1, -0.05) is 53.7 Å². The van der Waals surface area contributed by atoms with E-state index in [9.17, 15) is 9.59 Å². The summed E-state index contributed by atoms with van der Waals surface area (Å²) >= 11 is 0. The molecule has 0 saturated heterocycles. The first-order chi connectivity index (χ1) is 26.5. The van der Waals surface area contributed by atoms with Gasteiger partial charge in [0.1, 0.15) is 11.5 Å². The Morgan fingerprint density at radius 2 is 1.04 bits per heavy atom. The summed E-state index contributed by atoms with van der Waals surface area (Å²) < 4.78 is 11.1. The molecule has 0 aliphatic carbocycles. The molecule has 0 aliphatic rings.